The van der Waals surface area contributed by atoms with Crippen molar-refractivity contribution < 1.29 is 0 Å². The molecule has 0 aromatic carbocycles. The maximum absolute atomic E-state index is 2.50. The molecule has 0 spiro atoms. The van der Waals surface area contributed by atoms with Crippen molar-refractivity contribution in [3.8, 4) is 0 Å². The van der Waals surface area contributed by atoms with Gasteiger partial charge in [-0.3, -0.25) is 0 Å². The molecule has 0 nitrogen and oxygen atoms in total. The van der Waals surface area contributed by atoms with Gasteiger partial charge < -0.3 is 0 Å². The molecule has 0 aliphatic heterocycles. The van der Waals surface area contributed by atoms with Crippen LogP contribution in [0.15, 0.2) is 0 Å². The Kier molecular flexibility index (Phi) is 2.49. The summed E-state index contributed by atoms with van der Waals surface area (Å²) < 4.78 is 0. The molecule has 0 N–H and O–H groups in total. The molecule has 98 valence electrons. The molecule has 0 aromatic heterocycles. The molecule has 2 unspecified atom stereocenters. The van der Waals surface area contributed by atoms with E-state index in [1.54, 1.807) is 38.5 Å². The largest absolute Gasteiger partial charge is 0.0649 e. The van der Waals surface area contributed by atoms with Gasteiger partial charge in [0.1, 0.15) is 0 Å². The Morgan fingerprint density at radius 2 is 1.41 bits per heavy atom. The zero-order valence-corrected chi connectivity index (χ0v) is 12.3. The molecule has 4 saturated carbocycles. The first-order valence-corrected chi connectivity index (χ1v) is 7.97. The zero-order valence-electron chi connectivity index (χ0n) is 12.3. The fraction of sp³-hybridized carbons (Fsp3) is 1.00. The monoisotopic (exact) mass is 234 g/mol. The van der Waals surface area contributed by atoms with Gasteiger partial charge in [0.15, 0.2) is 0 Å². The second kappa shape index (κ2) is 3.52. The predicted octanol–water partition coefficient (Wildman–Crippen LogP) is 5.42. The summed E-state index contributed by atoms with van der Waals surface area (Å²) in [7, 11) is 0. The molecule has 4 aliphatic carbocycles. The molecule has 0 amide bonds. The van der Waals surface area contributed by atoms with Gasteiger partial charge in [0.2, 0.25) is 0 Å². The zero-order chi connectivity index (χ0) is 12.3. The smallest absolute Gasteiger partial charge is 0.0261 e. The minimum Gasteiger partial charge on any atom is -0.0649 e. The Balaban J connectivity index is 2.01. The highest BCUT2D eigenvalue weighted by Crippen LogP contribution is 2.73. The lowest BCUT2D eigenvalue weighted by molar-refractivity contribution is -0.177. The molecular weight excluding hydrogens is 204 g/mol. The number of rotatable bonds is 3. The maximum atomic E-state index is 2.50. The molecule has 4 bridgehead atoms. The van der Waals surface area contributed by atoms with Gasteiger partial charge in [-0.25, -0.2) is 0 Å². The molecule has 0 heterocycles. The summed E-state index contributed by atoms with van der Waals surface area (Å²) in [5.41, 5.74) is 2.23. The third kappa shape index (κ3) is 1.55. The Morgan fingerprint density at radius 1 is 0.882 bits per heavy atom. The van der Waals surface area contributed by atoms with Crippen molar-refractivity contribution in [2.45, 2.75) is 79.1 Å². The first kappa shape index (κ1) is 12.1. The van der Waals surface area contributed by atoms with Gasteiger partial charge in [0, 0.05) is 0 Å². The molecule has 4 aliphatic rings. The highest BCUT2D eigenvalue weighted by molar-refractivity contribution is 5.12. The van der Waals surface area contributed by atoms with Crippen LogP contribution in [-0.4, -0.2) is 0 Å². The van der Waals surface area contributed by atoms with Crippen molar-refractivity contribution in [2.75, 3.05) is 0 Å². The summed E-state index contributed by atoms with van der Waals surface area (Å²) in [5, 5.41) is 0. The Hall–Kier alpha value is 0. The summed E-state index contributed by atoms with van der Waals surface area (Å²) in [6.07, 6.45) is 12.3. The van der Waals surface area contributed by atoms with Gasteiger partial charge in [-0.15, -0.1) is 0 Å². The quantitative estimate of drug-likeness (QED) is 0.611. The summed E-state index contributed by atoms with van der Waals surface area (Å²) in [4.78, 5) is 0. The minimum absolute atomic E-state index is 0.728. The maximum Gasteiger partial charge on any atom is -0.0261 e. The van der Waals surface area contributed by atoms with E-state index in [9.17, 15) is 0 Å². The van der Waals surface area contributed by atoms with E-state index in [-0.39, 0.29) is 0 Å². The predicted molar refractivity (Wildman–Crippen MR) is 73.9 cm³/mol. The van der Waals surface area contributed by atoms with E-state index >= 15 is 0 Å². The lowest BCUT2D eigenvalue weighted by Gasteiger charge is -2.68. The van der Waals surface area contributed by atoms with E-state index in [2.05, 4.69) is 27.7 Å². The van der Waals surface area contributed by atoms with E-state index in [0.717, 1.165) is 28.1 Å². The van der Waals surface area contributed by atoms with Crippen LogP contribution in [0.2, 0.25) is 0 Å². The standard InChI is InChI=1S/C17H30/c1-5-15-7-14-8-16(6-2,10-15)12-17(9-14,11-15)13(3)4/h13-14H,5-12H2,1-4H3. The highest BCUT2D eigenvalue weighted by Gasteiger charge is 2.62. The first-order chi connectivity index (χ1) is 7.97. The third-order valence-corrected chi connectivity index (χ3v) is 7.07. The van der Waals surface area contributed by atoms with E-state index in [1.165, 1.54) is 12.8 Å². The summed E-state index contributed by atoms with van der Waals surface area (Å²) in [6, 6.07) is 0. The Bertz CT molecular complexity index is 294. The average Bonchev–Trinajstić information content (AvgIpc) is 2.27. The fourth-order valence-corrected chi connectivity index (χ4v) is 6.36. The van der Waals surface area contributed by atoms with Crippen LogP contribution in [0.3, 0.4) is 0 Å². The fourth-order valence-electron chi connectivity index (χ4n) is 6.36. The van der Waals surface area contributed by atoms with Crippen LogP contribution in [0.25, 0.3) is 0 Å². The second-order valence-corrected chi connectivity index (χ2v) is 8.23. The van der Waals surface area contributed by atoms with Gasteiger partial charge in [-0.1, -0.05) is 40.5 Å². The summed E-state index contributed by atoms with van der Waals surface area (Å²) in [6.45, 7) is 9.93. The van der Waals surface area contributed by atoms with E-state index < -0.39 is 0 Å². The van der Waals surface area contributed by atoms with Crippen LogP contribution in [0.1, 0.15) is 79.1 Å². The van der Waals surface area contributed by atoms with Gasteiger partial charge in [-0.2, -0.15) is 0 Å². The third-order valence-electron chi connectivity index (χ3n) is 7.07. The van der Waals surface area contributed by atoms with Crippen LogP contribution in [-0.2, 0) is 0 Å². The molecule has 4 rings (SSSR count). The molecule has 0 aromatic rings. The minimum atomic E-state index is 0.728. The van der Waals surface area contributed by atoms with Gasteiger partial charge in [0.05, 0.1) is 0 Å². The number of hydrogen-bond donors (Lipinski definition) is 0. The molecule has 0 saturated heterocycles. The molecule has 0 radical (unpaired) electrons. The highest BCUT2D eigenvalue weighted by atomic mass is 14.7. The van der Waals surface area contributed by atoms with Crippen LogP contribution in [0, 0.1) is 28.1 Å². The topological polar surface area (TPSA) is 0 Å². The molecule has 0 heteroatoms. The summed E-state index contributed by atoms with van der Waals surface area (Å²) >= 11 is 0. The molecule has 4 fully saturated rings. The van der Waals surface area contributed by atoms with Crippen molar-refractivity contribution in [1.29, 1.82) is 0 Å². The van der Waals surface area contributed by atoms with Crippen LogP contribution in [0.5, 0.6) is 0 Å². The van der Waals surface area contributed by atoms with Gasteiger partial charge in [-0.05, 0) is 66.6 Å². The Labute approximate surface area is 108 Å². The second-order valence-electron chi connectivity index (χ2n) is 8.23. The SMILES string of the molecule is CCC12CC3CC(CC)(C1)CC(C(C)C)(C3)C2. The van der Waals surface area contributed by atoms with Crippen LogP contribution < -0.4 is 0 Å². The molecule has 2 atom stereocenters. The van der Waals surface area contributed by atoms with Gasteiger partial charge in [0.25, 0.3) is 0 Å². The lowest BCUT2D eigenvalue weighted by atomic mass is 9.37. The number of hydrogen-bond acceptors (Lipinski definition) is 0. The lowest BCUT2D eigenvalue weighted by Crippen LogP contribution is -2.58. The molecule has 17 heavy (non-hydrogen) atoms. The van der Waals surface area contributed by atoms with Crippen molar-refractivity contribution in [2.24, 2.45) is 28.1 Å². The first-order valence-electron chi connectivity index (χ1n) is 7.97. The van der Waals surface area contributed by atoms with Crippen molar-refractivity contribution in [3.05, 3.63) is 0 Å². The normalized spacial score (nSPS) is 52.4. The van der Waals surface area contributed by atoms with Crippen molar-refractivity contribution >= 4 is 0 Å². The average molecular weight is 234 g/mol. The van der Waals surface area contributed by atoms with E-state index in [4.69, 9.17) is 0 Å². The van der Waals surface area contributed by atoms with E-state index in [0.29, 0.717) is 0 Å². The van der Waals surface area contributed by atoms with Crippen molar-refractivity contribution in [3.63, 3.8) is 0 Å². The van der Waals surface area contributed by atoms with Gasteiger partial charge >= 0.3 is 0 Å². The van der Waals surface area contributed by atoms with E-state index in [1.807, 2.05) is 0 Å². The van der Waals surface area contributed by atoms with Crippen molar-refractivity contribution in [1.82, 2.24) is 0 Å². The van der Waals surface area contributed by atoms with Crippen LogP contribution in [0.4, 0.5) is 0 Å². The summed E-state index contributed by atoms with van der Waals surface area (Å²) in [5.74, 6) is 1.98. The molecular formula is C17H30. The Morgan fingerprint density at radius 3 is 1.82 bits per heavy atom. The van der Waals surface area contributed by atoms with Crippen LogP contribution >= 0.6 is 0 Å².